The van der Waals surface area contributed by atoms with Crippen molar-refractivity contribution < 1.29 is 23.7 Å². The first-order chi connectivity index (χ1) is 12.4. The van der Waals surface area contributed by atoms with Crippen molar-refractivity contribution in [2.45, 2.75) is 55.9 Å². The summed E-state index contributed by atoms with van der Waals surface area (Å²) in [4.78, 5) is 14.2. The fourth-order valence-corrected chi connectivity index (χ4v) is 5.47. The Morgan fingerprint density at radius 1 is 1.31 bits per heavy atom. The van der Waals surface area contributed by atoms with Crippen LogP contribution in [0.15, 0.2) is 35.4 Å². The summed E-state index contributed by atoms with van der Waals surface area (Å²) >= 11 is -0.115. The number of fused-ring (bicyclic) bond motifs is 1. The molecule has 140 valence electrons. The standard InChI is InChI=1S/C17H21N3O5Se/c1-10(21)22-9-12-14-15(25-17(2,3)24-14)13(19-20-18)16(23-12)26-11-7-5-4-6-8-11/h4-8,12-16H,9H2,1-3H3/t12-,13-,14+,15-,16-/m1/s1. The van der Waals surface area contributed by atoms with Crippen LogP contribution in [0.3, 0.4) is 0 Å². The monoisotopic (exact) mass is 427 g/mol. The van der Waals surface area contributed by atoms with Gasteiger partial charge in [-0.3, -0.25) is 0 Å². The Kier molecular flexibility index (Phi) is 5.87. The number of ether oxygens (including phenoxy) is 4. The first kappa shape index (κ1) is 19.2. The molecule has 0 aromatic heterocycles. The van der Waals surface area contributed by atoms with Gasteiger partial charge in [0.2, 0.25) is 0 Å². The maximum atomic E-state index is 11.2. The molecule has 8 nitrogen and oxygen atoms in total. The molecule has 0 amide bonds. The van der Waals surface area contributed by atoms with Gasteiger partial charge in [-0.25, -0.2) is 0 Å². The Labute approximate surface area is 157 Å². The van der Waals surface area contributed by atoms with Crippen LogP contribution in [-0.2, 0) is 23.7 Å². The van der Waals surface area contributed by atoms with Crippen LogP contribution in [0.5, 0.6) is 0 Å². The van der Waals surface area contributed by atoms with E-state index in [-0.39, 0.29) is 32.5 Å². The van der Waals surface area contributed by atoms with Crippen molar-refractivity contribution in [2.24, 2.45) is 5.11 Å². The summed E-state index contributed by atoms with van der Waals surface area (Å²) in [6, 6.07) is 9.38. The van der Waals surface area contributed by atoms with E-state index >= 15 is 0 Å². The molecule has 26 heavy (non-hydrogen) atoms. The number of carbonyl (C=O) groups is 1. The number of hydrogen-bond acceptors (Lipinski definition) is 6. The molecule has 2 saturated heterocycles. The molecule has 0 aliphatic carbocycles. The summed E-state index contributed by atoms with van der Waals surface area (Å²) in [6.07, 6.45) is -1.40. The zero-order chi connectivity index (χ0) is 18.7. The van der Waals surface area contributed by atoms with Crippen LogP contribution in [0.25, 0.3) is 10.4 Å². The van der Waals surface area contributed by atoms with Crippen molar-refractivity contribution in [3.63, 3.8) is 0 Å². The van der Waals surface area contributed by atoms with Gasteiger partial charge in [-0.05, 0) is 0 Å². The van der Waals surface area contributed by atoms with E-state index in [0.29, 0.717) is 0 Å². The second kappa shape index (κ2) is 7.96. The molecule has 0 bridgehead atoms. The molecule has 0 spiro atoms. The molecule has 0 N–H and O–H groups in total. The molecule has 2 heterocycles. The predicted octanol–water partition coefficient (Wildman–Crippen LogP) is 1.50. The molecule has 2 aliphatic heterocycles. The van der Waals surface area contributed by atoms with Crippen molar-refractivity contribution in [3.05, 3.63) is 40.8 Å². The minimum absolute atomic E-state index is 0.0697. The van der Waals surface area contributed by atoms with Crippen molar-refractivity contribution in [1.29, 1.82) is 0 Å². The first-order valence-electron chi connectivity index (χ1n) is 8.30. The van der Waals surface area contributed by atoms with E-state index in [4.69, 9.17) is 24.5 Å². The van der Waals surface area contributed by atoms with Gasteiger partial charge >= 0.3 is 158 Å². The van der Waals surface area contributed by atoms with Gasteiger partial charge in [0, 0.05) is 0 Å². The van der Waals surface area contributed by atoms with Crippen LogP contribution in [-0.4, -0.2) is 62.7 Å². The summed E-state index contributed by atoms with van der Waals surface area (Å²) in [5.41, 5.74) is 9.04. The minimum atomic E-state index is -0.828. The molecule has 3 rings (SSSR count). The maximum absolute atomic E-state index is 11.2. The van der Waals surface area contributed by atoms with E-state index in [2.05, 4.69) is 10.0 Å². The molecule has 2 aliphatic rings. The fourth-order valence-electron chi connectivity index (χ4n) is 3.10. The Balaban J connectivity index is 1.86. The third-order valence-electron chi connectivity index (χ3n) is 4.09. The van der Waals surface area contributed by atoms with Crippen LogP contribution in [0.2, 0.25) is 0 Å². The number of nitrogens with zero attached hydrogens (tertiary/aromatic N) is 3. The summed E-state index contributed by atoms with van der Waals surface area (Å²) in [5, 5.41) is 3.61. The topological polar surface area (TPSA) is 103 Å². The van der Waals surface area contributed by atoms with Gasteiger partial charge in [-0.1, -0.05) is 0 Å². The molecule has 2 fully saturated rings. The van der Waals surface area contributed by atoms with E-state index in [9.17, 15) is 4.79 Å². The SMILES string of the molecule is CC(=O)OC[C@H]1O[C@H]([Se]c2ccccc2)[C@H](N=[N+]=[N-])[C@H]2OC(C)(C)O[C@H]21. The van der Waals surface area contributed by atoms with E-state index in [1.807, 2.05) is 30.3 Å². The number of esters is 1. The number of carbonyl (C=O) groups excluding carboxylic acids is 1. The molecule has 9 heteroatoms. The second-order valence-corrected chi connectivity index (χ2v) is 9.00. The summed E-state index contributed by atoms with van der Waals surface area (Å²) < 4.78 is 24.4. The third kappa shape index (κ3) is 4.38. The Hall–Kier alpha value is -1.60. The van der Waals surface area contributed by atoms with Crippen LogP contribution >= 0.6 is 0 Å². The van der Waals surface area contributed by atoms with Crippen LogP contribution < -0.4 is 4.46 Å². The van der Waals surface area contributed by atoms with E-state index in [0.717, 1.165) is 4.46 Å². The van der Waals surface area contributed by atoms with Crippen LogP contribution in [0, 0.1) is 0 Å². The van der Waals surface area contributed by atoms with Crippen molar-refractivity contribution in [1.82, 2.24) is 0 Å². The Morgan fingerprint density at radius 3 is 2.65 bits per heavy atom. The molecule has 0 unspecified atom stereocenters. The van der Waals surface area contributed by atoms with Gasteiger partial charge in [0.1, 0.15) is 0 Å². The Bertz CT molecular complexity index is 695. The fraction of sp³-hybridized carbons (Fsp3) is 0.588. The predicted molar refractivity (Wildman–Crippen MR) is 93.9 cm³/mol. The summed E-state index contributed by atoms with van der Waals surface area (Å²) in [7, 11) is 0. The van der Waals surface area contributed by atoms with Gasteiger partial charge in [-0.15, -0.1) is 0 Å². The molecule has 1 aromatic rings. The molecule has 0 radical (unpaired) electrons. The number of benzene rings is 1. The average molecular weight is 426 g/mol. The van der Waals surface area contributed by atoms with Gasteiger partial charge in [-0.2, -0.15) is 0 Å². The van der Waals surface area contributed by atoms with Crippen molar-refractivity contribution >= 4 is 25.4 Å². The average Bonchev–Trinajstić information content (AvgIpc) is 2.92. The number of hydrogen-bond donors (Lipinski definition) is 0. The number of rotatable bonds is 5. The number of azide groups is 1. The quantitative estimate of drug-likeness (QED) is 0.233. The van der Waals surface area contributed by atoms with Gasteiger partial charge in [0.05, 0.1) is 0 Å². The summed E-state index contributed by atoms with van der Waals surface area (Å²) in [6.45, 7) is 5.03. The second-order valence-electron chi connectivity index (χ2n) is 6.54. The van der Waals surface area contributed by atoms with Gasteiger partial charge in [0.15, 0.2) is 0 Å². The van der Waals surface area contributed by atoms with E-state index in [1.165, 1.54) is 6.92 Å². The van der Waals surface area contributed by atoms with Crippen LogP contribution in [0.1, 0.15) is 20.8 Å². The first-order valence-corrected chi connectivity index (χ1v) is 10.1. The zero-order valence-corrected chi connectivity index (χ0v) is 16.5. The Morgan fingerprint density at radius 2 is 2.00 bits per heavy atom. The van der Waals surface area contributed by atoms with Gasteiger partial charge < -0.3 is 0 Å². The summed E-state index contributed by atoms with van der Waals surface area (Å²) in [5.74, 6) is -1.21. The van der Waals surface area contributed by atoms with Crippen molar-refractivity contribution in [3.8, 4) is 0 Å². The van der Waals surface area contributed by atoms with E-state index < -0.39 is 30.1 Å². The van der Waals surface area contributed by atoms with Crippen LogP contribution in [0.4, 0.5) is 0 Å². The van der Waals surface area contributed by atoms with Gasteiger partial charge in [0.25, 0.3) is 0 Å². The van der Waals surface area contributed by atoms with E-state index in [1.54, 1.807) is 13.8 Å². The molecule has 1 aromatic carbocycles. The molecular formula is C17H21N3O5Se. The normalized spacial score (nSPS) is 32.3. The zero-order valence-electron chi connectivity index (χ0n) is 14.8. The van der Waals surface area contributed by atoms with Crippen molar-refractivity contribution in [2.75, 3.05) is 6.61 Å². The molecule has 0 saturated carbocycles. The third-order valence-corrected chi connectivity index (χ3v) is 6.53. The molecule has 5 atom stereocenters. The molecular weight excluding hydrogens is 405 g/mol.